The van der Waals surface area contributed by atoms with E-state index in [1.165, 1.54) is 0 Å². The zero-order valence-electron chi connectivity index (χ0n) is 22.5. The molecule has 0 aliphatic carbocycles. The number of aliphatic imine (C=N–C) groups is 1. The summed E-state index contributed by atoms with van der Waals surface area (Å²) in [6.45, 7) is 5.81. The third-order valence-corrected chi connectivity index (χ3v) is 6.23. The minimum atomic E-state index is -0.377. The molecule has 0 atom stereocenters. The molecule has 2 aromatic rings. The number of nitrogens with one attached hydrogen (secondary N) is 3. The molecule has 4 aliphatic rings. The number of oxime groups is 1. The summed E-state index contributed by atoms with van der Waals surface area (Å²) in [6, 6.07) is 11.0. The van der Waals surface area contributed by atoms with Gasteiger partial charge in [-0.2, -0.15) is 0 Å². The molecule has 6 rings (SSSR count). The maximum absolute atomic E-state index is 12.7. The van der Waals surface area contributed by atoms with E-state index in [2.05, 4.69) is 26.1 Å². The van der Waals surface area contributed by atoms with E-state index in [4.69, 9.17) is 26.9 Å². The maximum atomic E-state index is 12.7. The molecule has 11 heteroatoms. The van der Waals surface area contributed by atoms with E-state index in [1.54, 1.807) is 6.07 Å². The molecule has 210 valence electrons. The highest BCUT2D eigenvalue weighted by Gasteiger charge is 2.14. The van der Waals surface area contributed by atoms with E-state index in [0.29, 0.717) is 29.6 Å². The largest absolute Gasteiger partial charge is 0.494 e. The molecule has 0 saturated carbocycles. The lowest BCUT2D eigenvalue weighted by Gasteiger charge is -2.13. The summed E-state index contributed by atoms with van der Waals surface area (Å²) in [5.41, 5.74) is 9.33. The molecule has 2 amide bonds. The first-order chi connectivity index (χ1) is 18.9. The lowest BCUT2D eigenvalue weighted by atomic mass is 10.1. The number of benzene rings is 2. The van der Waals surface area contributed by atoms with Gasteiger partial charge in [0.2, 0.25) is 11.8 Å². The fourth-order valence-electron chi connectivity index (χ4n) is 3.97. The van der Waals surface area contributed by atoms with Gasteiger partial charge in [-0.3, -0.25) is 14.9 Å². The van der Waals surface area contributed by atoms with E-state index >= 15 is 0 Å². The Bertz CT molecular complexity index is 1160. The lowest BCUT2D eigenvalue weighted by Crippen LogP contribution is -2.37. The predicted molar refractivity (Wildman–Crippen MR) is 154 cm³/mol. The van der Waals surface area contributed by atoms with Crippen LogP contribution in [0.15, 0.2) is 46.5 Å². The van der Waals surface area contributed by atoms with Gasteiger partial charge in [0.15, 0.2) is 5.96 Å². The number of nitrogens with two attached hydrogens (primary N) is 1. The zero-order valence-corrected chi connectivity index (χ0v) is 23.3. The summed E-state index contributed by atoms with van der Waals surface area (Å²) in [5, 5.41) is 13.2. The van der Waals surface area contributed by atoms with Crippen molar-refractivity contribution in [3.8, 4) is 5.75 Å². The number of hydrogen-bond donors (Lipinski definition) is 4. The van der Waals surface area contributed by atoms with Crippen molar-refractivity contribution in [2.75, 3.05) is 31.6 Å². The Labute approximate surface area is 234 Å². The number of aryl methyl sites for hydroxylation is 1. The van der Waals surface area contributed by atoms with E-state index in [-0.39, 0.29) is 37.3 Å². The Morgan fingerprint density at radius 3 is 2.59 bits per heavy atom. The number of carbonyl (C=O) groups excluding carboxylic acids is 2. The number of amides is 2. The van der Waals surface area contributed by atoms with Crippen LogP contribution in [0.3, 0.4) is 0 Å². The number of halogens is 1. The molecule has 0 spiro atoms. The second-order valence-corrected chi connectivity index (χ2v) is 9.57. The van der Waals surface area contributed by atoms with Gasteiger partial charge in [0, 0.05) is 5.56 Å². The summed E-state index contributed by atoms with van der Waals surface area (Å²) < 4.78 is 5.85. The van der Waals surface area contributed by atoms with Crippen LogP contribution in [0, 0.1) is 6.92 Å². The van der Waals surface area contributed by atoms with E-state index in [0.717, 1.165) is 54.7 Å². The number of ether oxygens (including phenoxy) is 1. The molecule has 0 saturated heterocycles. The van der Waals surface area contributed by atoms with E-state index in [1.807, 2.05) is 44.2 Å². The van der Waals surface area contributed by atoms with Gasteiger partial charge in [-0.05, 0) is 74.7 Å². The Morgan fingerprint density at radius 2 is 1.85 bits per heavy atom. The van der Waals surface area contributed by atoms with Crippen molar-refractivity contribution >= 4 is 40.8 Å². The van der Waals surface area contributed by atoms with Gasteiger partial charge in [-0.15, -0.1) is 0 Å². The minimum Gasteiger partial charge on any atom is -0.494 e. The molecule has 5 N–H and O–H groups in total. The smallest absolute Gasteiger partial charge is 0.238 e. The van der Waals surface area contributed by atoms with Gasteiger partial charge in [-0.25, -0.2) is 4.99 Å². The molecule has 4 aliphatic heterocycles. The predicted octanol–water partition coefficient (Wildman–Crippen LogP) is 3.89. The van der Waals surface area contributed by atoms with Crippen LogP contribution >= 0.6 is 11.6 Å². The second-order valence-electron chi connectivity index (χ2n) is 9.16. The van der Waals surface area contributed by atoms with Crippen LogP contribution in [0.25, 0.3) is 0 Å². The molecule has 4 bridgehead atoms. The van der Waals surface area contributed by atoms with Crippen LogP contribution in [-0.2, 0) is 21.0 Å². The highest BCUT2D eigenvalue weighted by atomic mass is 35.5. The normalized spacial score (nSPS) is 17.7. The van der Waals surface area contributed by atoms with Crippen LogP contribution < -0.4 is 26.4 Å². The van der Waals surface area contributed by atoms with Crippen LogP contribution in [0.4, 0.5) is 5.69 Å². The van der Waals surface area contributed by atoms with Crippen molar-refractivity contribution in [3.05, 3.63) is 58.1 Å². The first-order valence-corrected chi connectivity index (χ1v) is 13.5. The summed E-state index contributed by atoms with van der Waals surface area (Å²) in [4.78, 5) is 34.6. The monoisotopic (exact) mass is 556 g/mol. The number of carbonyl (C=O) groups is 2. The first kappa shape index (κ1) is 29.9. The van der Waals surface area contributed by atoms with Crippen molar-refractivity contribution in [2.45, 2.75) is 52.5 Å². The van der Waals surface area contributed by atoms with Crippen LogP contribution in [0.2, 0.25) is 5.02 Å². The van der Waals surface area contributed by atoms with E-state index in [9.17, 15) is 9.59 Å². The average molecular weight is 557 g/mol. The SMILES string of the molecule is CCO/N=C1\CC(=O)NC(N)=NCc2cc(C)c(c(Cl)c2)NC(=O)CNCCCCCCOc2ccc1cc2. The van der Waals surface area contributed by atoms with Gasteiger partial charge in [0.1, 0.15) is 12.4 Å². The van der Waals surface area contributed by atoms with Crippen molar-refractivity contribution in [3.63, 3.8) is 0 Å². The first-order valence-electron chi connectivity index (χ1n) is 13.2. The van der Waals surface area contributed by atoms with Crippen LogP contribution in [-0.4, -0.2) is 49.8 Å². The summed E-state index contributed by atoms with van der Waals surface area (Å²) in [6.07, 6.45) is 3.91. The van der Waals surface area contributed by atoms with Crippen LogP contribution in [0.1, 0.15) is 55.7 Å². The molecular weight excluding hydrogens is 520 g/mol. The zero-order chi connectivity index (χ0) is 28.0. The highest BCUT2D eigenvalue weighted by Crippen LogP contribution is 2.28. The number of anilines is 1. The molecule has 4 heterocycles. The number of hydrogen-bond acceptors (Lipinski definition) is 8. The molecule has 0 unspecified atom stereocenters. The van der Waals surface area contributed by atoms with Crippen molar-refractivity contribution < 1.29 is 19.2 Å². The highest BCUT2D eigenvalue weighted by molar-refractivity contribution is 6.34. The van der Waals surface area contributed by atoms with Gasteiger partial charge in [0.05, 0.1) is 42.5 Å². The summed E-state index contributed by atoms with van der Waals surface area (Å²) in [7, 11) is 0. The number of guanidine groups is 1. The van der Waals surface area contributed by atoms with Crippen molar-refractivity contribution in [1.82, 2.24) is 10.6 Å². The number of nitrogens with zero attached hydrogens (tertiary/aromatic N) is 2. The standard InChI is InChI=1S/C28H37ClN6O4/c1-3-39-35-24-16-25(36)34-28(30)32-17-20-14-19(2)27(23(29)15-20)33-26(37)18-31-12-6-4-5-7-13-38-22-10-8-21(24)9-11-22/h8-11,14-15,31H,3-7,12-13,16-18H2,1-2H3,(H,33,37)(H3,30,32,34,36)/b35-24+. The van der Waals surface area contributed by atoms with E-state index < -0.39 is 0 Å². The second kappa shape index (κ2) is 15.7. The van der Waals surface area contributed by atoms with Crippen LogP contribution in [0.5, 0.6) is 5.75 Å². The fraction of sp³-hybridized carbons (Fsp3) is 0.429. The maximum Gasteiger partial charge on any atom is 0.238 e. The Kier molecular flexibility index (Phi) is 12.0. The fourth-order valence-corrected chi connectivity index (χ4v) is 4.31. The Balaban J connectivity index is 1.76. The molecular formula is C28H37ClN6O4. The molecule has 2 aromatic carbocycles. The molecule has 10 nitrogen and oxygen atoms in total. The third kappa shape index (κ3) is 10.2. The van der Waals surface area contributed by atoms with Gasteiger partial charge in [-0.1, -0.05) is 35.7 Å². The van der Waals surface area contributed by atoms with Gasteiger partial charge in [0.25, 0.3) is 0 Å². The van der Waals surface area contributed by atoms with Gasteiger partial charge >= 0.3 is 0 Å². The van der Waals surface area contributed by atoms with Crippen molar-refractivity contribution in [1.29, 1.82) is 0 Å². The third-order valence-electron chi connectivity index (χ3n) is 5.93. The lowest BCUT2D eigenvalue weighted by molar-refractivity contribution is -0.118. The summed E-state index contributed by atoms with van der Waals surface area (Å²) in [5.74, 6) is 0.175. The topological polar surface area (TPSA) is 139 Å². The molecule has 0 radical (unpaired) electrons. The van der Waals surface area contributed by atoms with Gasteiger partial charge < -0.3 is 25.9 Å². The minimum absolute atomic E-state index is 0.0295. The number of rotatable bonds is 2. The summed E-state index contributed by atoms with van der Waals surface area (Å²) >= 11 is 6.45. The Hall–Kier alpha value is -3.63. The molecule has 0 aromatic heterocycles. The van der Waals surface area contributed by atoms with Crippen molar-refractivity contribution in [2.24, 2.45) is 15.9 Å². The Morgan fingerprint density at radius 1 is 1.08 bits per heavy atom. The average Bonchev–Trinajstić information content (AvgIpc) is 2.91. The quantitative estimate of drug-likeness (QED) is 0.414. The molecule has 0 fully saturated rings. The molecule has 39 heavy (non-hydrogen) atoms.